The molecule has 1 atom stereocenters. The molecule has 3 heterocycles. The summed E-state index contributed by atoms with van der Waals surface area (Å²) in [6, 6.07) is 0.622. The van der Waals surface area contributed by atoms with Gasteiger partial charge in [-0.3, -0.25) is 4.90 Å². The Morgan fingerprint density at radius 3 is 2.83 bits per heavy atom. The van der Waals surface area contributed by atoms with Gasteiger partial charge in [-0.25, -0.2) is 4.98 Å². The zero-order valence-corrected chi connectivity index (χ0v) is 15.8. The Morgan fingerprint density at radius 2 is 2.17 bits per heavy atom. The van der Waals surface area contributed by atoms with Gasteiger partial charge in [0.05, 0.1) is 6.54 Å². The van der Waals surface area contributed by atoms with Crippen LogP contribution in [-0.2, 0) is 13.1 Å². The fourth-order valence-electron chi connectivity index (χ4n) is 3.57. The number of thiazole rings is 1. The van der Waals surface area contributed by atoms with Gasteiger partial charge in [-0.1, -0.05) is 16.1 Å². The molecule has 1 aliphatic carbocycles. The number of nitrogens with one attached hydrogen (secondary N) is 1. The lowest BCUT2D eigenvalue weighted by Crippen LogP contribution is -2.35. The van der Waals surface area contributed by atoms with Crippen LogP contribution in [0.1, 0.15) is 30.0 Å². The van der Waals surface area contributed by atoms with E-state index >= 15 is 0 Å². The monoisotopic (exact) mass is 391 g/mol. The number of piperidine rings is 1. The van der Waals surface area contributed by atoms with E-state index in [-0.39, 0.29) is 12.4 Å². The zero-order valence-electron chi connectivity index (χ0n) is 12.6. The van der Waals surface area contributed by atoms with Gasteiger partial charge in [0, 0.05) is 35.7 Å². The van der Waals surface area contributed by atoms with E-state index in [4.69, 9.17) is 11.6 Å². The summed E-state index contributed by atoms with van der Waals surface area (Å²) in [6.45, 7) is 3.93. The Morgan fingerprint density at radius 1 is 1.35 bits per heavy atom. The van der Waals surface area contributed by atoms with E-state index < -0.39 is 0 Å². The second-order valence-electron chi connectivity index (χ2n) is 6.16. The van der Waals surface area contributed by atoms with E-state index in [0.29, 0.717) is 15.8 Å². The molecule has 4 rings (SSSR count). The molecule has 23 heavy (non-hydrogen) atoms. The molecule has 2 aromatic heterocycles. The molecule has 1 unspecified atom stereocenters. The highest BCUT2D eigenvalue weighted by Gasteiger charge is 2.56. The fourth-order valence-corrected chi connectivity index (χ4v) is 4.82. The summed E-state index contributed by atoms with van der Waals surface area (Å²) in [5.41, 5.74) is 1.40. The molecular weight excluding hydrogens is 373 g/mol. The summed E-state index contributed by atoms with van der Waals surface area (Å²) in [6.07, 6.45) is 5.71. The van der Waals surface area contributed by atoms with E-state index in [1.807, 2.05) is 11.6 Å². The standard InChI is InChI=1S/C14H18ClN5S2.ClH/c15-13-10(18-19-22-13)8-20(9-12-17-5-6-21-12)11-7-14(11)1-3-16-4-2-14;/h5-6,11,16H,1-4,7-9H2;1H. The van der Waals surface area contributed by atoms with Crippen LogP contribution < -0.4 is 5.32 Å². The molecule has 0 radical (unpaired) electrons. The third kappa shape index (κ3) is 3.70. The van der Waals surface area contributed by atoms with Gasteiger partial charge >= 0.3 is 0 Å². The molecule has 1 saturated carbocycles. The van der Waals surface area contributed by atoms with Crippen molar-refractivity contribution in [3.05, 3.63) is 26.6 Å². The first-order valence-electron chi connectivity index (χ1n) is 7.57. The van der Waals surface area contributed by atoms with Gasteiger partial charge in [0.25, 0.3) is 0 Å². The molecule has 0 amide bonds. The number of hydrogen-bond donors (Lipinski definition) is 1. The molecule has 9 heteroatoms. The fraction of sp³-hybridized carbons (Fsp3) is 0.643. The van der Waals surface area contributed by atoms with Crippen molar-refractivity contribution < 1.29 is 0 Å². The van der Waals surface area contributed by atoms with Crippen molar-refractivity contribution in [3.8, 4) is 0 Å². The van der Waals surface area contributed by atoms with Gasteiger partial charge in [-0.05, 0) is 37.8 Å². The zero-order chi connectivity index (χ0) is 15.0. The molecule has 2 aliphatic rings. The smallest absolute Gasteiger partial charge is 0.138 e. The van der Waals surface area contributed by atoms with Gasteiger partial charge in [0.15, 0.2) is 0 Å². The quantitative estimate of drug-likeness (QED) is 0.847. The SMILES string of the molecule is Cl.Clc1snnc1CN(Cc1nccs1)C1CC12CCNCC2. The lowest BCUT2D eigenvalue weighted by molar-refractivity contribution is 0.186. The highest BCUT2D eigenvalue weighted by atomic mass is 35.5. The molecule has 2 fully saturated rings. The minimum Gasteiger partial charge on any atom is -0.317 e. The molecule has 1 N–H and O–H groups in total. The minimum atomic E-state index is 0. The first-order valence-corrected chi connectivity index (χ1v) is 9.60. The number of hydrogen-bond acceptors (Lipinski definition) is 7. The maximum atomic E-state index is 6.21. The van der Waals surface area contributed by atoms with Crippen LogP contribution in [0.5, 0.6) is 0 Å². The third-order valence-electron chi connectivity index (χ3n) is 4.87. The van der Waals surface area contributed by atoms with E-state index in [9.17, 15) is 0 Å². The summed E-state index contributed by atoms with van der Waals surface area (Å²) >= 11 is 9.20. The molecule has 1 saturated heterocycles. The van der Waals surface area contributed by atoms with Crippen LogP contribution in [0.2, 0.25) is 4.34 Å². The van der Waals surface area contributed by atoms with Crippen molar-refractivity contribution in [3.63, 3.8) is 0 Å². The molecule has 1 spiro atoms. The highest BCUT2D eigenvalue weighted by molar-refractivity contribution is 7.10. The number of rotatable bonds is 5. The third-order valence-corrected chi connectivity index (χ3v) is 6.62. The number of aromatic nitrogens is 3. The van der Waals surface area contributed by atoms with Gasteiger partial charge < -0.3 is 5.32 Å². The molecule has 1 aliphatic heterocycles. The van der Waals surface area contributed by atoms with Gasteiger partial charge in [0.2, 0.25) is 0 Å². The lowest BCUT2D eigenvalue weighted by Gasteiger charge is -2.28. The highest BCUT2D eigenvalue weighted by Crippen LogP contribution is 2.56. The van der Waals surface area contributed by atoms with Gasteiger partial charge in [-0.15, -0.1) is 28.8 Å². The van der Waals surface area contributed by atoms with Crippen LogP contribution >= 0.6 is 46.9 Å². The second kappa shape index (κ2) is 7.29. The van der Waals surface area contributed by atoms with Crippen molar-refractivity contribution >= 4 is 46.9 Å². The largest absolute Gasteiger partial charge is 0.317 e. The lowest BCUT2D eigenvalue weighted by atomic mass is 9.93. The molecule has 5 nitrogen and oxygen atoms in total. The summed E-state index contributed by atoms with van der Waals surface area (Å²) in [7, 11) is 0. The average molecular weight is 392 g/mol. The van der Waals surface area contributed by atoms with Crippen LogP contribution in [0, 0.1) is 5.41 Å². The van der Waals surface area contributed by atoms with Crippen molar-refractivity contribution in [1.82, 2.24) is 24.8 Å². The minimum absolute atomic E-state index is 0. The topological polar surface area (TPSA) is 53.9 Å². The molecule has 2 aromatic rings. The number of halogens is 2. The van der Waals surface area contributed by atoms with Crippen LogP contribution in [0.4, 0.5) is 0 Å². The molecule has 0 bridgehead atoms. The molecule has 0 aromatic carbocycles. The summed E-state index contributed by atoms with van der Waals surface area (Å²) < 4.78 is 4.68. The Balaban J connectivity index is 0.00000156. The van der Waals surface area contributed by atoms with Gasteiger partial charge in [-0.2, -0.15) is 0 Å². The van der Waals surface area contributed by atoms with E-state index in [1.54, 1.807) is 11.3 Å². The van der Waals surface area contributed by atoms with Crippen molar-refractivity contribution in [2.45, 2.75) is 38.4 Å². The van der Waals surface area contributed by atoms with E-state index in [2.05, 4.69) is 24.8 Å². The summed E-state index contributed by atoms with van der Waals surface area (Å²) in [4.78, 5) is 6.96. The molecular formula is C14H19Cl2N5S2. The van der Waals surface area contributed by atoms with Crippen molar-refractivity contribution in [1.29, 1.82) is 0 Å². The van der Waals surface area contributed by atoms with Crippen LogP contribution in [0.3, 0.4) is 0 Å². The maximum Gasteiger partial charge on any atom is 0.138 e. The first-order chi connectivity index (χ1) is 10.8. The van der Waals surface area contributed by atoms with Crippen LogP contribution in [0.15, 0.2) is 11.6 Å². The van der Waals surface area contributed by atoms with E-state index in [0.717, 1.165) is 36.9 Å². The van der Waals surface area contributed by atoms with Gasteiger partial charge in [0.1, 0.15) is 15.0 Å². The summed E-state index contributed by atoms with van der Waals surface area (Å²) in [5, 5.41) is 10.9. The second-order valence-corrected chi connectivity index (χ2v) is 8.49. The number of nitrogens with zero attached hydrogens (tertiary/aromatic N) is 4. The average Bonchev–Trinajstić information content (AvgIpc) is 2.90. The Labute approximate surface area is 155 Å². The maximum absolute atomic E-state index is 6.21. The first kappa shape index (κ1) is 17.5. The Kier molecular flexibility index (Phi) is 5.55. The predicted molar refractivity (Wildman–Crippen MR) is 96.5 cm³/mol. The summed E-state index contributed by atoms with van der Waals surface area (Å²) in [5.74, 6) is 0. The Hall–Kier alpha value is -0.310. The predicted octanol–water partition coefficient (Wildman–Crippen LogP) is 3.21. The van der Waals surface area contributed by atoms with Crippen molar-refractivity contribution in [2.24, 2.45) is 5.41 Å². The van der Waals surface area contributed by atoms with Crippen LogP contribution in [0.25, 0.3) is 0 Å². The van der Waals surface area contributed by atoms with Crippen molar-refractivity contribution in [2.75, 3.05) is 13.1 Å². The Bertz CT molecular complexity index is 627. The molecule has 126 valence electrons. The normalized spacial score (nSPS) is 22.3. The van der Waals surface area contributed by atoms with E-state index in [1.165, 1.54) is 30.8 Å². The van der Waals surface area contributed by atoms with Crippen LogP contribution in [-0.4, -0.2) is 38.6 Å².